The third-order valence-corrected chi connectivity index (χ3v) is 5.75. The van der Waals surface area contributed by atoms with Crippen molar-refractivity contribution in [2.45, 2.75) is 26.2 Å². The zero-order chi connectivity index (χ0) is 25.4. The molecule has 35 heavy (non-hydrogen) atoms. The first kappa shape index (κ1) is 25.6. The summed E-state index contributed by atoms with van der Waals surface area (Å²) < 4.78 is 10.5. The van der Waals surface area contributed by atoms with Crippen molar-refractivity contribution in [1.29, 1.82) is 0 Å². The minimum absolute atomic E-state index is 0.127. The largest absolute Gasteiger partial charge is 0.466 e. The molecular formula is C26H29N3O6. The molecule has 1 aliphatic heterocycles. The second kappa shape index (κ2) is 11.9. The van der Waals surface area contributed by atoms with Crippen LogP contribution < -0.4 is 10.6 Å². The summed E-state index contributed by atoms with van der Waals surface area (Å²) in [7, 11) is 1.25. The molecule has 2 aromatic rings. The van der Waals surface area contributed by atoms with Gasteiger partial charge in [-0.2, -0.15) is 0 Å². The molecule has 184 valence electrons. The molecule has 2 N–H and O–H groups in total. The molecule has 3 rings (SSSR count). The van der Waals surface area contributed by atoms with E-state index in [1.165, 1.54) is 30.9 Å². The molecular weight excluding hydrogens is 450 g/mol. The van der Waals surface area contributed by atoms with Crippen molar-refractivity contribution in [1.82, 2.24) is 10.6 Å². The van der Waals surface area contributed by atoms with Crippen molar-refractivity contribution in [2.24, 2.45) is 0 Å². The Morgan fingerprint density at radius 2 is 1.69 bits per heavy atom. The van der Waals surface area contributed by atoms with Crippen LogP contribution in [0.1, 0.15) is 30.9 Å². The van der Waals surface area contributed by atoms with E-state index in [9.17, 15) is 19.7 Å². The van der Waals surface area contributed by atoms with Crippen molar-refractivity contribution >= 4 is 17.6 Å². The van der Waals surface area contributed by atoms with Gasteiger partial charge in [0.2, 0.25) is 0 Å². The Hall–Kier alpha value is -3.98. The maximum absolute atomic E-state index is 13.2. The predicted molar refractivity (Wildman–Crippen MR) is 130 cm³/mol. The lowest BCUT2D eigenvalue weighted by Gasteiger charge is -2.30. The summed E-state index contributed by atoms with van der Waals surface area (Å²) in [6.07, 6.45) is 0.852. The first-order valence-corrected chi connectivity index (χ1v) is 11.3. The number of carbonyl (C=O) groups is 2. The molecule has 0 saturated carbocycles. The van der Waals surface area contributed by atoms with Gasteiger partial charge in [-0.1, -0.05) is 42.5 Å². The number of non-ortho nitro benzene ring substituents is 1. The molecule has 0 amide bonds. The van der Waals surface area contributed by atoms with Crippen molar-refractivity contribution in [3.8, 4) is 0 Å². The van der Waals surface area contributed by atoms with Gasteiger partial charge in [0.05, 0.1) is 29.1 Å². The van der Waals surface area contributed by atoms with Gasteiger partial charge < -0.3 is 20.1 Å². The number of rotatable bonds is 10. The molecule has 1 atom stereocenters. The fourth-order valence-corrected chi connectivity index (χ4v) is 4.09. The third kappa shape index (κ3) is 6.33. The fourth-order valence-electron chi connectivity index (χ4n) is 4.09. The molecule has 0 saturated heterocycles. The van der Waals surface area contributed by atoms with Crippen LogP contribution in [0, 0.1) is 10.1 Å². The highest BCUT2D eigenvalue weighted by Gasteiger charge is 2.38. The number of methoxy groups -OCH3 is 1. The molecule has 0 aliphatic carbocycles. The van der Waals surface area contributed by atoms with Crippen LogP contribution in [0.15, 0.2) is 77.1 Å². The average molecular weight is 480 g/mol. The monoisotopic (exact) mass is 479 g/mol. The number of nitro groups is 1. The zero-order valence-electron chi connectivity index (χ0n) is 20.0. The quantitative estimate of drug-likeness (QED) is 0.230. The minimum Gasteiger partial charge on any atom is -0.466 e. The lowest BCUT2D eigenvalue weighted by Crippen LogP contribution is -2.33. The molecule has 0 fully saturated rings. The molecule has 9 heteroatoms. The highest BCUT2D eigenvalue weighted by molar-refractivity contribution is 5.99. The second-order valence-electron chi connectivity index (χ2n) is 8.10. The van der Waals surface area contributed by atoms with Gasteiger partial charge in [-0.05, 0) is 37.9 Å². The van der Waals surface area contributed by atoms with E-state index in [1.54, 1.807) is 19.9 Å². The van der Waals surface area contributed by atoms with Crippen molar-refractivity contribution in [3.63, 3.8) is 0 Å². The van der Waals surface area contributed by atoms with Crippen LogP contribution in [0.3, 0.4) is 0 Å². The summed E-state index contributed by atoms with van der Waals surface area (Å²) in [6.45, 7) is 4.71. The van der Waals surface area contributed by atoms with Gasteiger partial charge in [-0.3, -0.25) is 10.1 Å². The molecule has 1 unspecified atom stereocenters. The minimum atomic E-state index is -0.873. The van der Waals surface area contributed by atoms with Crippen molar-refractivity contribution in [3.05, 3.63) is 98.4 Å². The van der Waals surface area contributed by atoms with Gasteiger partial charge in [0.1, 0.15) is 6.61 Å². The van der Waals surface area contributed by atoms with Crippen LogP contribution in [-0.4, -0.2) is 43.7 Å². The van der Waals surface area contributed by atoms with Gasteiger partial charge in [0.25, 0.3) is 5.69 Å². The highest BCUT2D eigenvalue weighted by atomic mass is 16.6. The van der Waals surface area contributed by atoms with Crippen molar-refractivity contribution in [2.75, 3.05) is 26.8 Å². The Bertz CT molecular complexity index is 1160. The van der Waals surface area contributed by atoms with Crippen molar-refractivity contribution < 1.29 is 24.0 Å². The van der Waals surface area contributed by atoms with E-state index in [2.05, 4.69) is 22.8 Å². The Labute approximate surface area is 204 Å². The number of ether oxygens (including phenoxy) is 2. The standard InChI is InChI=1S/C26H29N3O6/c1-17-22(25(30)34-3)24(20-10-7-11-21(16-20)29(32)33)23(18(2)28-17)26(31)35-15-14-27-13-12-19-8-5-4-6-9-19/h4-11,16,24,27-28H,12-15H2,1-3H3. The molecule has 0 aromatic heterocycles. The predicted octanol–water partition coefficient (Wildman–Crippen LogP) is 3.38. The summed E-state index contributed by atoms with van der Waals surface area (Å²) in [5, 5.41) is 17.6. The number of dihydropyridines is 1. The van der Waals surface area contributed by atoms with Gasteiger partial charge >= 0.3 is 11.9 Å². The van der Waals surface area contributed by atoms with Gasteiger partial charge in [0, 0.05) is 30.1 Å². The highest BCUT2D eigenvalue weighted by Crippen LogP contribution is 2.40. The lowest BCUT2D eigenvalue weighted by atomic mass is 9.80. The Kier molecular flexibility index (Phi) is 8.74. The second-order valence-corrected chi connectivity index (χ2v) is 8.10. The molecule has 9 nitrogen and oxygen atoms in total. The van der Waals surface area contributed by atoms with E-state index < -0.39 is 22.8 Å². The fraction of sp³-hybridized carbons (Fsp3) is 0.308. The van der Waals surface area contributed by atoms with E-state index >= 15 is 0 Å². The maximum atomic E-state index is 13.2. The lowest BCUT2D eigenvalue weighted by molar-refractivity contribution is -0.384. The zero-order valence-corrected chi connectivity index (χ0v) is 20.0. The number of carbonyl (C=O) groups excluding carboxylic acids is 2. The van der Waals surface area contributed by atoms with Crippen LogP contribution in [-0.2, 0) is 25.5 Å². The molecule has 1 aliphatic rings. The molecule has 0 bridgehead atoms. The number of nitrogens with zero attached hydrogens (tertiary/aromatic N) is 1. The number of benzene rings is 2. The van der Waals surface area contributed by atoms with Crippen LogP contribution in [0.4, 0.5) is 5.69 Å². The molecule has 0 spiro atoms. The van der Waals surface area contributed by atoms with E-state index in [4.69, 9.17) is 9.47 Å². The topological polar surface area (TPSA) is 120 Å². The number of esters is 2. The molecule has 2 aromatic carbocycles. The van der Waals surface area contributed by atoms with E-state index in [-0.39, 0.29) is 23.4 Å². The summed E-state index contributed by atoms with van der Waals surface area (Å²) >= 11 is 0. The normalized spacial score (nSPS) is 15.5. The van der Waals surface area contributed by atoms with Gasteiger partial charge in [-0.15, -0.1) is 0 Å². The number of allylic oxidation sites excluding steroid dienone is 2. The van der Waals surface area contributed by atoms with Gasteiger partial charge in [0.15, 0.2) is 0 Å². The Morgan fingerprint density at radius 3 is 2.34 bits per heavy atom. The molecule has 1 heterocycles. The third-order valence-electron chi connectivity index (χ3n) is 5.75. The van der Waals surface area contributed by atoms with Gasteiger partial charge in [-0.25, -0.2) is 9.59 Å². The number of hydrogen-bond donors (Lipinski definition) is 2. The first-order chi connectivity index (χ1) is 16.8. The van der Waals surface area contributed by atoms with E-state index in [1.807, 2.05) is 18.2 Å². The van der Waals surface area contributed by atoms with E-state index in [0.29, 0.717) is 23.5 Å². The van der Waals surface area contributed by atoms with E-state index in [0.717, 1.165) is 13.0 Å². The number of hydrogen-bond acceptors (Lipinski definition) is 8. The summed E-state index contributed by atoms with van der Waals surface area (Å²) in [5.41, 5.74) is 2.91. The Balaban J connectivity index is 1.75. The average Bonchev–Trinajstić information content (AvgIpc) is 2.85. The number of nitrogens with one attached hydrogen (secondary N) is 2. The number of nitro benzene ring substituents is 1. The maximum Gasteiger partial charge on any atom is 0.336 e. The summed E-state index contributed by atoms with van der Waals surface area (Å²) in [5.74, 6) is -2.11. The van der Waals surface area contributed by atoms with Crippen LogP contribution in [0.2, 0.25) is 0 Å². The van der Waals surface area contributed by atoms with Crippen LogP contribution in [0.5, 0.6) is 0 Å². The SMILES string of the molecule is COC(=O)C1=C(C)NC(C)=C(C(=O)OCCNCCc2ccccc2)C1c1cccc([N+](=O)[O-])c1. The smallest absolute Gasteiger partial charge is 0.336 e. The van der Waals surface area contributed by atoms with Crippen LogP contribution >= 0.6 is 0 Å². The summed E-state index contributed by atoms with van der Waals surface area (Å²) in [6, 6.07) is 15.9. The Morgan fingerprint density at radius 1 is 1.00 bits per heavy atom. The first-order valence-electron chi connectivity index (χ1n) is 11.3. The molecule has 0 radical (unpaired) electrons. The van der Waals surface area contributed by atoms with Crippen LogP contribution in [0.25, 0.3) is 0 Å². The summed E-state index contributed by atoms with van der Waals surface area (Å²) in [4.78, 5) is 36.7.